The Balaban J connectivity index is 2.13. The Hall–Kier alpha value is -3.46. The molecule has 9 heteroatoms. The Bertz CT molecular complexity index is 1070. The van der Waals surface area contributed by atoms with Gasteiger partial charge in [-0.05, 0) is 37.1 Å². The number of rotatable bonds is 6. The molecule has 1 aromatic carbocycles. The van der Waals surface area contributed by atoms with Gasteiger partial charge in [0.25, 0.3) is 11.8 Å². The van der Waals surface area contributed by atoms with Crippen LogP contribution in [0.15, 0.2) is 24.4 Å². The van der Waals surface area contributed by atoms with E-state index in [1.165, 1.54) is 7.11 Å². The molecule has 2 aromatic heterocycles. The van der Waals surface area contributed by atoms with Crippen LogP contribution in [0.5, 0.6) is 0 Å². The van der Waals surface area contributed by atoms with Crippen molar-refractivity contribution in [3.63, 3.8) is 0 Å². The third-order valence-corrected chi connectivity index (χ3v) is 4.46. The molecule has 4 N–H and O–H groups in total. The van der Waals surface area contributed by atoms with E-state index in [0.717, 1.165) is 5.56 Å². The van der Waals surface area contributed by atoms with Gasteiger partial charge in [0.15, 0.2) is 11.6 Å². The first kappa shape index (κ1) is 19.3. The van der Waals surface area contributed by atoms with E-state index in [4.69, 9.17) is 5.73 Å². The number of carbonyl (C=O) groups is 2. The number of primary amides is 1. The molecule has 0 bridgehead atoms. The van der Waals surface area contributed by atoms with Crippen LogP contribution in [-0.4, -0.2) is 33.5 Å². The minimum Gasteiger partial charge on any atom is -0.366 e. The lowest BCUT2D eigenvalue weighted by molar-refractivity contribution is 0.0537. The summed E-state index contributed by atoms with van der Waals surface area (Å²) < 4.78 is 1.61. The summed E-state index contributed by atoms with van der Waals surface area (Å²) in [6.45, 7) is 5.65. The highest BCUT2D eigenvalue weighted by molar-refractivity contribution is 5.98. The van der Waals surface area contributed by atoms with Gasteiger partial charge in [0.05, 0.1) is 12.7 Å². The number of hydrogen-bond acceptors (Lipinski definition) is 6. The molecule has 0 aliphatic rings. The molecule has 0 saturated heterocycles. The number of fused-ring (bicyclic) bond motifs is 1. The number of benzene rings is 1. The van der Waals surface area contributed by atoms with Crippen LogP contribution < -0.4 is 16.5 Å². The number of nitrogens with two attached hydrogens (primary N) is 1. The van der Waals surface area contributed by atoms with Crippen LogP contribution in [0.2, 0.25) is 0 Å². The van der Waals surface area contributed by atoms with Crippen LogP contribution in [0.4, 0.5) is 11.5 Å². The van der Waals surface area contributed by atoms with E-state index in [1.807, 2.05) is 19.9 Å². The predicted octanol–water partition coefficient (Wildman–Crippen LogP) is 2.04. The lowest BCUT2D eigenvalue weighted by Gasteiger charge is -2.13. The van der Waals surface area contributed by atoms with Gasteiger partial charge in [-0.1, -0.05) is 13.0 Å². The third-order valence-electron chi connectivity index (χ3n) is 4.46. The van der Waals surface area contributed by atoms with E-state index in [1.54, 1.807) is 29.8 Å². The minimum absolute atomic E-state index is 0.359. The normalized spacial score (nSPS) is 10.9. The number of nitrogens with one attached hydrogen (secondary N) is 2. The zero-order chi connectivity index (χ0) is 20.4. The fourth-order valence-electron chi connectivity index (χ4n) is 2.94. The maximum absolute atomic E-state index is 12.1. The molecule has 9 nitrogen and oxygen atoms in total. The van der Waals surface area contributed by atoms with Gasteiger partial charge in [-0.3, -0.25) is 14.4 Å². The monoisotopic (exact) mass is 382 g/mol. The molecule has 2 amide bonds. The molecule has 0 saturated carbocycles. The zero-order valence-corrected chi connectivity index (χ0v) is 16.2. The molecular weight excluding hydrogens is 360 g/mol. The molecule has 28 heavy (non-hydrogen) atoms. The number of hydrogen-bond donors (Lipinski definition) is 3. The average molecular weight is 382 g/mol. The van der Waals surface area contributed by atoms with E-state index in [-0.39, 0.29) is 5.91 Å². The molecule has 0 unspecified atom stereocenters. The molecule has 0 atom stereocenters. The van der Waals surface area contributed by atoms with E-state index >= 15 is 0 Å². The van der Waals surface area contributed by atoms with Gasteiger partial charge in [0.2, 0.25) is 0 Å². The zero-order valence-electron chi connectivity index (χ0n) is 16.2. The third kappa shape index (κ3) is 3.52. The van der Waals surface area contributed by atoms with Crippen molar-refractivity contribution in [3.8, 4) is 0 Å². The first-order chi connectivity index (χ1) is 13.3. The summed E-state index contributed by atoms with van der Waals surface area (Å²) in [6.07, 6.45) is 2.22. The number of aromatic nitrogens is 3. The molecule has 3 rings (SSSR count). The summed E-state index contributed by atoms with van der Waals surface area (Å²) in [5, 5.41) is 7.71. The summed E-state index contributed by atoms with van der Waals surface area (Å²) >= 11 is 0. The summed E-state index contributed by atoms with van der Waals surface area (Å²) in [7, 11) is 1.38. The Morgan fingerprint density at radius 3 is 2.68 bits per heavy atom. The first-order valence-corrected chi connectivity index (χ1v) is 8.75. The number of amides is 2. The van der Waals surface area contributed by atoms with Crippen LogP contribution in [-0.2, 0) is 11.3 Å². The van der Waals surface area contributed by atoms with Crippen LogP contribution in [0.1, 0.15) is 44.6 Å². The Kier molecular flexibility index (Phi) is 5.27. The van der Waals surface area contributed by atoms with Gasteiger partial charge in [-0.15, -0.1) is 0 Å². The quantitative estimate of drug-likeness (QED) is 0.561. The number of nitrogens with zero attached hydrogens (tertiary/aromatic N) is 3. The second-order valence-electron chi connectivity index (χ2n) is 6.35. The van der Waals surface area contributed by atoms with Gasteiger partial charge >= 0.3 is 0 Å². The minimum atomic E-state index is -0.526. The highest BCUT2D eigenvalue weighted by Gasteiger charge is 2.18. The molecule has 0 fully saturated rings. The second kappa shape index (κ2) is 7.65. The van der Waals surface area contributed by atoms with Crippen molar-refractivity contribution in [3.05, 3.63) is 52.5 Å². The molecule has 0 radical (unpaired) electrons. The van der Waals surface area contributed by atoms with Crippen LogP contribution in [0, 0.1) is 13.8 Å². The molecule has 3 aromatic rings. The largest absolute Gasteiger partial charge is 0.366 e. The SMILES string of the molecule is CCc1nc(Nc2cc(C(=O)NOC)ccc2C)c2c(C)c(C(N)=O)cn2n1. The number of carbonyl (C=O) groups excluding carboxylic acids is 2. The van der Waals surface area contributed by atoms with Gasteiger partial charge < -0.3 is 11.1 Å². The standard InChI is InChI=1S/C19H22N6O3/c1-5-15-22-18(16-11(3)13(17(20)26)9-25(16)23-15)21-14-8-12(7-6-10(14)2)19(27)24-28-4/h6-9H,5H2,1-4H3,(H2,20,26)(H,24,27)(H,21,22,23). The van der Waals surface area contributed by atoms with Crippen LogP contribution in [0.3, 0.4) is 0 Å². The maximum Gasteiger partial charge on any atom is 0.274 e. The number of aryl methyl sites for hydroxylation is 3. The van der Waals surface area contributed by atoms with Crippen molar-refractivity contribution in [2.75, 3.05) is 12.4 Å². The van der Waals surface area contributed by atoms with Gasteiger partial charge in [0.1, 0.15) is 5.52 Å². The smallest absolute Gasteiger partial charge is 0.274 e. The summed E-state index contributed by atoms with van der Waals surface area (Å²) in [4.78, 5) is 33.1. The molecule has 0 aliphatic carbocycles. The van der Waals surface area contributed by atoms with Crippen molar-refractivity contribution < 1.29 is 14.4 Å². The molecule has 146 valence electrons. The van der Waals surface area contributed by atoms with Crippen molar-refractivity contribution in [1.29, 1.82) is 0 Å². The van der Waals surface area contributed by atoms with Crippen molar-refractivity contribution in [1.82, 2.24) is 20.1 Å². The Morgan fingerprint density at radius 1 is 1.29 bits per heavy atom. The molecule has 0 aliphatic heterocycles. The summed E-state index contributed by atoms with van der Waals surface area (Å²) in [6, 6.07) is 5.24. The van der Waals surface area contributed by atoms with Crippen molar-refractivity contribution >= 4 is 28.8 Å². The van der Waals surface area contributed by atoms with E-state index < -0.39 is 5.91 Å². The molecular formula is C19H22N6O3. The fraction of sp³-hybridized carbons (Fsp3) is 0.263. The summed E-state index contributed by atoms with van der Waals surface area (Å²) in [5.41, 5.74) is 11.5. The van der Waals surface area contributed by atoms with E-state index in [9.17, 15) is 9.59 Å². The Labute approximate surface area is 161 Å². The maximum atomic E-state index is 12.1. The van der Waals surface area contributed by atoms with Gasteiger partial charge in [-0.2, -0.15) is 5.10 Å². The summed E-state index contributed by atoms with van der Waals surface area (Å²) in [5.74, 6) is 0.250. The van der Waals surface area contributed by atoms with Crippen molar-refractivity contribution in [2.24, 2.45) is 5.73 Å². The van der Waals surface area contributed by atoms with Gasteiger partial charge in [0, 0.05) is 23.9 Å². The lowest BCUT2D eigenvalue weighted by Crippen LogP contribution is -2.21. The van der Waals surface area contributed by atoms with Crippen LogP contribution >= 0.6 is 0 Å². The lowest BCUT2D eigenvalue weighted by atomic mass is 10.1. The highest BCUT2D eigenvalue weighted by atomic mass is 16.6. The van der Waals surface area contributed by atoms with E-state index in [2.05, 4.69) is 25.7 Å². The van der Waals surface area contributed by atoms with E-state index in [0.29, 0.717) is 46.0 Å². The number of anilines is 2. The number of hydroxylamine groups is 1. The first-order valence-electron chi connectivity index (χ1n) is 8.75. The predicted molar refractivity (Wildman–Crippen MR) is 105 cm³/mol. The highest BCUT2D eigenvalue weighted by Crippen LogP contribution is 2.28. The van der Waals surface area contributed by atoms with Crippen molar-refractivity contribution in [2.45, 2.75) is 27.2 Å². The second-order valence-corrected chi connectivity index (χ2v) is 6.35. The Morgan fingerprint density at radius 2 is 2.04 bits per heavy atom. The molecule has 0 spiro atoms. The molecule has 2 heterocycles. The average Bonchev–Trinajstić information content (AvgIpc) is 3.00. The van der Waals surface area contributed by atoms with Gasteiger partial charge in [-0.25, -0.2) is 15.0 Å². The fourth-order valence-corrected chi connectivity index (χ4v) is 2.94. The topological polar surface area (TPSA) is 124 Å². The van der Waals surface area contributed by atoms with Crippen LogP contribution in [0.25, 0.3) is 5.52 Å².